The predicted molar refractivity (Wildman–Crippen MR) is 66.9 cm³/mol. The highest BCUT2D eigenvalue weighted by molar-refractivity contribution is 5.81. The summed E-state index contributed by atoms with van der Waals surface area (Å²) < 4.78 is 4.80. The van der Waals surface area contributed by atoms with Crippen LogP contribution in [0.4, 0.5) is 0 Å². The highest BCUT2D eigenvalue weighted by atomic mass is 16.5. The molecule has 3 unspecified atom stereocenters. The molecule has 5 nitrogen and oxygen atoms in total. The zero-order chi connectivity index (χ0) is 13.0. The molecule has 2 fully saturated rings. The molecule has 0 spiro atoms. The number of ether oxygens (including phenoxy) is 1. The molecule has 1 saturated heterocycles. The third kappa shape index (κ3) is 3.70. The van der Waals surface area contributed by atoms with Crippen LogP contribution in [0.5, 0.6) is 0 Å². The lowest BCUT2D eigenvalue weighted by Gasteiger charge is -2.27. The van der Waals surface area contributed by atoms with Crippen molar-refractivity contribution < 1.29 is 14.3 Å². The summed E-state index contributed by atoms with van der Waals surface area (Å²) in [5.41, 5.74) is 0. The minimum absolute atomic E-state index is 0.0330. The van der Waals surface area contributed by atoms with E-state index in [-0.39, 0.29) is 30.8 Å². The van der Waals surface area contributed by atoms with Gasteiger partial charge in [0.1, 0.15) is 0 Å². The maximum Gasteiger partial charge on any atom is 0.306 e. The SMILES string of the molecule is CCOC(=O)CCC(=O)NC1CC2CNC(C2)C1. The Balaban J connectivity index is 1.66. The molecule has 2 rings (SSSR count). The maximum absolute atomic E-state index is 11.7. The number of hydrogen-bond donors (Lipinski definition) is 2. The van der Waals surface area contributed by atoms with Gasteiger partial charge < -0.3 is 15.4 Å². The summed E-state index contributed by atoms with van der Waals surface area (Å²) in [7, 11) is 0. The van der Waals surface area contributed by atoms with Crippen LogP contribution < -0.4 is 10.6 Å². The molecule has 0 aromatic carbocycles. The van der Waals surface area contributed by atoms with Gasteiger partial charge in [0.15, 0.2) is 0 Å². The van der Waals surface area contributed by atoms with Crippen LogP contribution in [0.15, 0.2) is 0 Å². The number of esters is 1. The first kappa shape index (κ1) is 13.3. The monoisotopic (exact) mass is 254 g/mol. The van der Waals surface area contributed by atoms with Crippen molar-refractivity contribution in [3.8, 4) is 0 Å². The number of rotatable bonds is 5. The molecule has 2 bridgehead atoms. The first-order valence-corrected chi connectivity index (χ1v) is 6.85. The first-order chi connectivity index (χ1) is 8.67. The zero-order valence-corrected chi connectivity index (χ0v) is 10.9. The lowest BCUT2D eigenvalue weighted by molar-refractivity contribution is -0.144. The molecule has 18 heavy (non-hydrogen) atoms. The zero-order valence-electron chi connectivity index (χ0n) is 10.9. The second kappa shape index (κ2) is 6.18. The molecule has 0 aromatic heterocycles. The number of amides is 1. The van der Waals surface area contributed by atoms with E-state index in [1.165, 1.54) is 6.42 Å². The highest BCUT2D eigenvalue weighted by Crippen LogP contribution is 2.29. The first-order valence-electron chi connectivity index (χ1n) is 6.85. The van der Waals surface area contributed by atoms with E-state index in [9.17, 15) is 9.59 Å². The molecule has 0 aromatic rings. The van der Waals surface area contributed by atoms with E-state index in [0.717, 1.165) is 19.4 Å². The number of fused-ring (bicyclic) bond motifs is 2. The van der Waals surface area contributed by atoms with Crippen LogP contribution in [0.3, 0.4) is 0 Å². The van der Waals surface area contributed by atoms with Crippen molar-refractivity contribution >= 4 is 11.9 Å². The Morgan fingerprint density at radius 1 is 1.28 bits per heavy atom. The van der Waals surface area contributed by atoms with Gasteiger partial charge in [-0.25, -0.2) is 0 Å². The summed E-state index contributed by atoms with van der Waals surface area (Å²) in [4.78, 5) is 22.9. The molecule has 1 saturated carbocycles. The van der Waals surface area contributed by atoms with Crippen molar-refractivity contribution in [2.24, 2.45) is 5.92 Å². The molecule has 1 aliphatic carbocycles. The highest BCUT2D eigenvalue weighted by Gasteiger charge is 2.34. The Hall–Kier alpha value is -1.10. The third-order valence-electron chi connectivity index (χ3n) is 3.73. The molecule has 0 radical (unpaired) electrons. The van der Waals surface area contributed by atoms with E-state index >= 15 is 0 Å². The fourth-order valence-corrected chi connectivity index (χ4v) is 2.97. The number of carbonyl (C=O) groups excluding carboxylic acids is 2. The van der Waals surface area contributed by atoms with Gasteiger partial charge in [0, 0.05) is 18.5 Å². The molecular weight excluding hydrogens is 232 g/mol. The molecule has 1 heterocycles. The minimum Gasteiger partial charge on any atom is -0.466 e. The largest absolute Gasteiger partial charge is 0.466 e. The van der Waals surface area contributed by atoms with Crippen molar-refractivity contribution in [3.63, 3.8) is 0 Å². The number of carbonyl (C=O) groups is 2. The molecular formula is C13H22N2O3. The van der Waals surface area contributed by atoms with Crippen molar-refractivity contribution in [3.05, 3.63) is 0 Å². The van der Waals surface area contributed by atoms with Gasteiger partial charge in [0.05, 0.1) is 13.0 Å². The second-order valence-corrected chi connectivity index (χ2v) is 5.25. The van der Waals surface area contributed by atoms with Crippen molar-refractivity contribution in [1.82, 2.24) is 10.6 Å². The maximum atomic E-state index is 11.7. The average Bonchev–Trinajstić information content (AvgIpc) is 2.67. The molecule has 2 N–H and O–H groups in total. The Labute approximate surface area is 108 Å². The quantitative estimate of drug-likeness (QED) is 0.705. The summed E-state index contributed by atoms with van der Waals surface area (Å²) in [6, 6.07) is 0.845. The van der Waals surface area contributed by atoms with Crippen LogP contribution in [0, 0.1) is 5.92 Å². The van der Waals surface area contributed by atoms with Crippen LogP contribution in [-0.2, 0) is 14.3 Å². The molecule has 2 aliphatic rings. The van der Waals surface area contributed by atoms with E-state index in [1.807, 2.05) is 0 Å². The molecule has 5 heteroatoms. The molecule has 1 aliphatic heterocycles. The fourth-order valence-electron chi connectivity index (χ4n) is 2.97. The lowest BCUT2D eigenvalue weighted by Crippen LogP contribution is -2.41. The van der Waals surface area contributed by atoms with E-state index in [1.54, 1.807) is 6.92 Å². The van der Waals surface area contributed by atoms with Crippen LogP contribution in [0.1, 0.15) is 39.0 Å². The summed E-state index contributed by atoms with van der Waals surface area (Å²) >= 11 is 0. The van der Waals surface area contributed by atoms with Gasteiger partial charge in [-0.1, -0.05) is 0 Å². The Bertz CT molecular complexity index is 307. The van der Waals surface area contributed by atoms with Gasteiger partial charge in [-0.3, -0.25) is 9.59 Å². The predicted octanol–water partition coefficient (Wildman–Crippen LogP) is 0.586. The van der Waals surface area contributed by atoms with Gasteiger partial charge in [0.2, 0.25) is 5.91 Å². The summed E-state index contributed by atoms with van der Waals surface area (Å²) in [5.74, 6) is 0.381. The van der Waals surface area contributed by atoms with Crippen LogP contribution in [-0.4, -0.2) is 37.1 Å². The summed E-state index contributed by atoms with van der Waals surface area (Å²) in [5, 5.41) is 6.49. The van der Waals surface area contributed by atoms with Crippen molar-refractivity contribution in [1.29, 1.82) is 0 Å². The normalized spacial score (nSPS) is 29.9. The van der Waals surface area contributed by atoms with Crippen LogP contribution >= 0.6 is 0 Å². The Kier molecular flexibility index (Phi) is 4.58. The number of nitrogens with one attached hydrogen (secondary N) is 2. The van der Waals surface area contributed by atoms with Crippen LogP contribution in [0.2, 0.25) is 0 Å². The number of hydrogen-bond acceptors (Lipinski definition) is 4. The van der Waals surface area contributed by atoms with Gasteiger partial charge in [0.25, 0.3) is 0 Å². The van der Waals surface area contributed by atoms with E-state index < -0.39 is 0 Å². The summed E-state index contributed by atoms with van der Waals surface area (Å²) in [6.45, 7) is 3.22. The fraction of sp³-hybridized carbons (Fsp3) is 0.846. The minimum atomic E-state index is -0.293. The van der Waals surface area contributed by atoms with E-state index in [2.05, 4.69) is 10.6 Å². The molecule has 1 amide bonds. The van der Waals surface area contributed by atoms with Crippen molar-refractivity contribution in [2.45, 2.75) is 51.1 Å². The standard InChI is InChI=1S/C13H22N2O3/c1-2-18-13(17)4-3-12(16)15-11-6-9-5-10(7-11)14-8-9/h9-11,14H,2-8H2,1H3,(H,15,16). The second-order valence-electron chi connectivity index (χ2n) is 5.25. The smallest absolute Gasteiger partial charge is 0.306 e. The lowest BCUT2D eigenvalue weighted by atomic mass is 9.86. The third-order valence-corrected chi connectivity index (χ3v) is 3.73. The molecule has 102 valence electrons. The average molecular weight is 254 g/mol. The van der Waals surface area contributed by atoms with E-state index in [4.69, 9.17) is 4.74 Å². The van der Waals surface area contributed by atoms with E-state index in [0.29, 0.717) is 18.6 Å². The molecule has 3 atom stereocenters. The topological polar surface area (TPSA) is 67.4 Å². The Morgan fingerprint density at radius 2 is 2.11 bits per heavy atom. The Morgan fingerprint density at radius 3 is 2.83 bits per heavy atom. The van der Waals surface area contributed by atoms with Gasteiger partial charge >= 0.3 is 5.97 Å². The van der Waals surface area contributed by atoms with Gasteiger partial charge in [-0.15, -0.1) is 0 Å². The summed E-state index contributed by atoms with van der Waals surface area (Å²) in [6.07, 6.45) is 3.74. The van der Waals surface area contributed by atoms with Crippen LogP contribution in [0.25, 0.3) is 0 Å². The van der Waals surface area contributed by atoms with Gasteiger partial charge in [-0.2, -0.15) is 0 Å². The van der Waals surface area contributed by atoms with Gasteiger partial charge in [-0.05, 0) is 38.6 Å². The van der Waals surface area contributed by atoms with Crippen molar-refractivity contribution in [2.75, 3.05) is 13.2 Å².